The van der Waals surface area contributed by atoms with E-state index >= 15 is 0 Å². The van der Waals surface area contributed by atoms with Crippen molar-refractivity contribution in [3.8, 4) is 0 Å². The van der Waals surface area contributed by atoms with Crippen LogP contribution in [0.5, 0.6) is 0 Å². The molecule has 0 fully saturated rings. The van der Waals surface area contributed by atoms with E-state index in [4.69, 9.17) is 46.4 Å². The Morgan fingerprint density at radius 3 is 1.89 bits per heavy atom. The lowest BCUT2D eigenvalue weighted by Crippen LogP contribution is -1.95. The molecule has 0 aromatic carbocycles. The second-order valence-electron chi connectivity index (χ2n) is 1.48. The first-order valence-corrected chi connectivity index (χ1v) is 4.01. The summed E-state index contributed by atoms with van der Waals surface area (Å²) in [5, 5.41) is 0.0687. The van der Waals surface area contributed by atoms with Gasteiger partial charge in [0.1, 0.15) is 4.49 Å². The van der Waals surface area contributed by atoms with Crippen molar-refractivity contribution in [2.24, 2.45) is 0 Å². The molecule has 4 heteroatoms. The van der Waals surface area contributed by atoms with Gasteiger partial charge in [0.15, 0.2) is 0 Å². The maximum atomic E-state index is 5.65. The summed E-state index contributed by atoms with van der Waals surface area (Å²) in [5.74, 6) is 0. The van der Waals surface area contributed by atoms with Crippen molar-refractivity contribution in [2.45, 2.75) is 18.7 Å². The van der Waals surface area contributed by atoms with E-state index in [0.29, 0.717) is 5.03 Å². The molecule has 0 heterocycles. The van der Waals surface area contributed by atoms with Crippen molar-refractivity contribution >= 4 is 46.4 Å². The van der Waals surface area contributed by atoms with Crippen molar-refractivity contribution in [3.63, 3.8) is 0 Å². The summed E-state index contributed by atoms with van der Waals surface area (Å²) in [5.41, 5.74) is 0. The summed E-state index contributed by atoms with van der Waals surface area (Å²) in [6.07, 6.45) is 0.726. The highest BCUT2D eigenvalue weighted by Gasteiger charge is 2.08. The highest BCUT2D eigenvalue weighted by molar-refractivity contribution is 6.60. The number of alkyl halides is 1. The normalized spacial score (nSPS) is 13.0. The van der Waals surface area contributed by atoms with Crippen LogP contribution in [0.25, 0.3) is 0 Å². The highest BCUT2D eigenvalue weighted by Crippen LogP contribution is 2.25. The van der Waals surface area contributed by atoms with Crippen molar-refractivity contribution in [2.75, 3.05) is 0 Å². The van der Waals surface area contributed by atoms with Gasteiger partial charge in [0.05, 0.1) is 10.4 Å². The number of hydrogen-bond donors (Lipinski definition) is 0. The molecule has 54 valence electrons. The molecule has 1 unspecified atom stereocenters. The molecule has 9 heavy (non-hydrogen) atoms. The van der Waals surface area contributed by atoms with Crippen LogP contribution in [0.15, 0.2) is 9.52 Å². The average molecular weight is 208 g/mol. The number of rotatable bonds is 2. The van der Waals surface area contributed by atoms with Gasteiger partial charge in [-0.25, -0.2) is 0 Å². The van der Waals surface area contributed by atoms with Crippen LogP contribution in [-0.4, -0.2) is 5.38 Å². The molecule has 1 atom stereocenters. The van der Waals surface area contributed by atoms with Crippen LogP contribution >= 0.6 is 46.4 Å². The van der Waals surface area contributed by atoms with Gasteiger partial charge in [-0.15, -0.1) is 11.6 Å². The Balaban J connectivity index is 4.02. The van der Waals surface area contributed by atoms with Crippen LogP contribution in [-0.2, 0) is 0 Å². The Labute approximate surface area is 74.7 Å². The summed E-state index contributed by atoms with van der Waals surface area (Å²) in [4.78, 5) is 0. The third kappa shape index (κ3) is 3.57. The first-order chi connectivity index (χ1) is 4.09. The molecule has 0 aliphatic carbocycles. The average Bonchev–Trinajstić information content (AvgIpc) is 1.84. The Kier molecular flexibility index (Phi) is 5.14. The first kappa shape index (κ1) is 9.90. The molecule has 0 aromatic rings. The van der Waals surface area contributed by atoms with E-state index in [1.165, 1.54) is 0 Å². The van der Waals surface area contributed by atoms with E-state index in [1.54, 1.807) is 0 Å². The van der Waals surface area contributed by atoms with Gasteiger partial charge in [-0.2, -0.15) is 0 Å². The molecule has 0 bridgehead atoms. The zero-order chi connectivity index (χ0) is 7.44. The summed E-state index contributed by atoms with van der Waals surface area (Å²) in [6, 6.07) is 0. The third-order valence-corrected chi connectivity index (χ3v) is 2.51. The van der Waals surface area contributed by atoms with Gasteiger partial charge in [-0.1, -0.05) is 41.7 Å². The molecule has 0 N–H and O–H groups in total. The fraction of sp³-hybridized carbons (Fsp3) is 0.600. The van der Waals surface area contributed by atoms with Crippen molar-refractivity contribution in [1.82, 2.24) is 0 Å². The molecule has 0 aliphatic heterocycles. The Morgan fingerprint density at radius 1 is 1.33 bits per heavy atom. The van der Waals surface area contributed by atoms with Crippen LogP contribution in [0.1, 0.15) is 13.3 Å². The van der Waals surface area contributed by atoms with Crippen LogP contribution in [0.2, 0.25) is 0 Å². The van der Waals surface area contributed by atoms with E-state index in [0.717, 1.165) is 6.42 Å². The van der Waals surface area contributed by atoms with Crippen LogP contribution in [0.4, 0.5) is 0 Å². The van der Waals surface area contributed by atoms with E-state index < -0.39 is 0 Å². The molecular weight excluding hydrogens is 202 g/mol. The maximum Gasteiger partial charge on any atom is 0.122 e. The minimum atomic E-state index is -0.253. The topological polar surface area (TPSA) is 0 Å². The van der Waals surface area contributed by atoms with E-state index in [2.05, 4.69) is 0 Å². The standard InChI is InChI=1S/C5H6Cl4/c1-2-3(6)4(7)5(8)9/h3H,2H2,1H3. The summed E-state index contributed by atoms with van der Waals surface area (Å²) >= 11 is 21.9. The second-order valence-corrected chi connectivity index (χ2v) is 3.37. The molecular formula is C5H6Cl4. The van der Waals surface area contributed by atoms with E-state index in [1.807, 2.05) is 6.92 Å². The van der Waals surface area contributed by atoms with Crippen LogP contribution in [0, 0.1) is 0 Å². The van der Waals surface area contributed by atoms with Gasteiger partial charge >= 0.3 is 0 Å². The lowest BCUT2D eigenvalue weighted by Gasteiger charge is -2.02. The SMILES string of the molecule is CCC(Cl)C(Cl)=C(Cl)Cl. The van der Waals surface area contributed by atoms with E-state index in [9.17, 15) is 0 Å². The van der Waals surface area contributed by atoms with Crippen molar-refractivity contribution < 1.29 is 0 Å². The molecule has 0 nitrogen and oxygen atoms in total. The first-order valence-electron chi connectivity index (χ1n) is 2.44. The Bertz CT molecular complexity index is 114. The predicted molar refractivity (Wildman–Crippen MR) is 44.5 cm³/mol. The van der Waals surface area contributed by atoms with Gasteiger partial charge in [0.25, 0.3) is 0 Å². The van der Waals surface area contributed by atoms with Crippen molar-refractivity contribution in [3.05, 3.63) is 9.52 Å². The van der Waals surface area contributed by atoms with Gasteiger partial charge in [-0.3, -0.25) is 0 Å². The molecule has 0 saturated heterocycles. The smallest absolute Gasteiger partial charge is 0.117 e. The fourth-order valence-electron chi connectivity index (χ4n) is 0.298. The van der Waals surface area contributed by atoms with Crippen LogP contribution < -0.4 is 0 Å². The number of halogens is 4. The molecule has 0 amide bonds. The van der Waals surface area contributed by atoms with E-state index in [-0.39, 0.29) is 9.87 Å². The van der Waals surface area contributed by atoms with Gasteiger partial charge < -0.3 is 0 Å². The van der Waals surface area contributed by atoms with Crippen LogP contribution in [0.3, 0.4) is 0 Å². The molecule has 0 saturated carbocycles. The maximum absolute atomic E-state index is 5.65. The Morgan fingerprint density at radius 2 is 1.78 bits per heavy atom. The molecule has 0 aliphatic rings. The summed E-state index contributed by atoms with van der Waals surface area (Å²) in [6.45, 7) is 1.90. The third-order valence-electron chi connectivity index (χ3n) is 0.814. The highest BCUT2D eigenvalue weighted by atomic mass is 35.5. The second kappa shape index (κ2) is 4.68. The largest absolute Gasteiger partial charge is 0.122 e. The lowest BCUT2D eigenvalue weighted by atomic mass is 10.3. The fourth-order valence-corrected chi connectivity index (χ4v) is 0.936. The molecule has 0 spiro atoms. The monoisotopic (exact) mass is 206 g/mol. The van der Waals surface area contributed by atoms with Crippen molar-refractivity contribution in [1.29, 1.82) is 0 Å². The zero-order valence-corrected chi connectivity index (χ0v) is 7.82. The predicted octanol–water partition coefficient (Wildman–Crippen LogP) is 3.89. The minimum absolute atomic E-state index is 0.0542. The minimum Gasteiger partial charge on any atom is -0.117 e. The number of allylic oxidation sites excluding steroid dienone is 1. The Hall–Kier alpha value is 0.900. The zero-order valence-electron chi connectivity index (χ0n) is 4.80. The molecule has 0 aromatic heterocycles. The van der Waals surface area contributed by atoms with Gasteiger partial charge in [0, 0.05) is 0 Å². The molecule has 0 rings (SSSR count). The number of hydrogen-bond acceptors (Lipinski definition) is 0. The van der Waals surface area contributed by atoms with Gasteiger partial charge in [-0.05, 0) is 6.42 Å². The quantitative estimate of drug-likeness (QED) is 0.603. The summed E-state index contributed by atoms with van der Waals surface area (Å²) < 4.78 is 0.0542. The molecule has 0 radical (unpaired) electrons. The van der Waals surface area contributed by atoms with Gasteiger partial charge in [0.2, 0.25) is 0 Å². The summed E-state index contributed by atoms with van der Waals surface area (Å²) in [7, 11) is 0. The lowest BCUT2D eigenvalue weighted by molar-refractivity contribution is 0.953.